The molecule has 0 saturated carbocycles. The average molecular weight is 374 g/mol. The molecule has 4 amide bonds. The predicted molar refractivity (Wildman–Crippen MR) is 94.7 cm³/mol. The summed E-state index contributed by atoms with van der Waals surface area (Å²) < 4.78 is 5.27. The lowest BCUT2D eigenvalue weighted by atomic mass is 10.0. The Balaban J connectivity index is 1.66. The van der Waals surface area contributed by atoms with E-state index in [0.717, 1.165) is 10.5 Å². The van der Waals surface area contributed by atoms with Gasteiger partial charge in [0, 0.05) is 26.1 Å². The highest BCUT2D eigenvalue weighted by Gasteiger charge is 2.44. The lowest BCUT2D eigenvalue weighted by molar-refractivity contribution is -0.136. The van der Waals surface area contributed by atoms with Gasteiger partial charge in [0.2, 0.25) is 11.8 Å². The van der Waals surface area contributed by atoms with E-state index in [0.29, 0.717) is 32.8 Å². The number of fused-ring (bicyclic) bond motifs is 1. The summed E-state index contributed by atoms with van der Waals surface area (Å²) in [6.45, 7) is 2.66. The van der Waals surface area contributed by atoms with Crippen molar-refractivity contribution >= 4 is 23.6 Å². The van der Waals surface area contributed by atoms with Gasteiger partial charge in [-0.1, -0.05) is 6.07 Å². The molecule has 1 aromatic carbocycles. The summed E-state index contributed by atoms with van der Waals surface area (Å²) in [5, 5.41) is 5.37. The van der Waals surface area contributed by atoms with Crippen molar-refractivity contribution in [3.05, 3.63) is 34.9 Å². The fourth-order valence-corrected chi connectivity index (χ4v) is 3.19. The van der Waals surface area contributed by atoms with E-state index in [9.17, 15) is 19.2 Å². The lowest BCUT2D eigenvalue weighted by Crippen LogP contribution is -2.54. The zero-order valence-electron chi connectivity index (χ0n) is 14.8. The van der Waals surface area contributed by atoms with Crippen LogP contribution in [0, 0.1) is 0 Å². The van der Waals surface area contributed by atoms with Crippen LogP contribution < -0.4 is 16.4 Å². The van der Waals surface area contributed by atoms with Crippen molar-refractivity contribution in [1.82, 2.24) is 15.5 Å². The molecule has 0 radical (unpaired) electrons. The van der Waals surface area contributed by atoms with Crippen LogP contribution in [-0.4, -0.2) is 60.9 Å². The molecule has 3 rings (SSSR count). The highest BCUT2D eigenvalue weighted by Crippen LogP contribution is 2.28. The molecule has 1 fully saturated rings. The minimum Gasteiger partial charge on any atom is -0.379 e. The van der Waals surface area contributed by atoms with E-state index in [2.05, 4.69) is 10.6 Å². The SMILES string of the molecule is NCCOCCNCc1ccc2c(c1)C(=O)N(C1CCC(=O)NC1=O)C2=O. The Morgan fingerprint density at radius 3 is 2.67 bits per heavy atom. The van der Waals surface area contributed by atoms with Crippen LogP contribution in [0.15, 0.2) is 18.2 Å². The number of piperidine rings is 1. The monoisotopic (exact) mass is 374 g/mol. The third kappa shape index (κ3) is 4.05. The molecule has 27 heavy (non-hydrogen) atoms. The van der Waals surface area contributed by atoms with Gasteiger partial charge in [0.25, 0.3) is 11.8 Å². The number of rotatable bonds is 8. The van der Waals surface area contributed by atoms with Crippen molar-refractivity contribution in [2.24, 2.45) is 5.73 Å². The fraction of sp³-hybridized carbons (Fsp3) is 0.444. The largest absolute Gasteiger partial charge is 0.379 e. The van der Waals surface area contributed by atoms with Crippen LogP contribution in [0.3, 0.4) is 0 Å². The van der Waals surface area contributed by atoms with Crippen LogP contribution in [0.1, 0.15) is 39.1 Å². The Morgan fingerprint density at radius 2 is 1.93 bits per heavy atom. The minimum atomic E-state index is -0.948. The molecular weight excluding hydrogens is 352 g/mol. The van der Waals surface area contributed by atoms with E-state index in [-0.39, 0.29) is 24.0 Å². The van der Waals surface area contributed by atoms with Gasteiger partial charge >= 0.3 is 0 Å². The number of ether oxygens (including phenoxy) is 1. The van der Waals surface area contributed by atoms with Gasteiger partial charge in [-0.25, -0.2) is 0 Å². The second-order valence-corrected chi connectivity index (χ2v) is 6.40. The maximum absolute atomic E-state index is 12.7. The van der Waals surface area contributed by atoms with Gasteiger partial charge < -0.3 is 15.8 Å². The van der Waals surface area contributed by atoms with Crippen LogP contribution in [0.2, 0.25) is 0 Å². The molecule has 1 unspecified atom stereocenters. The summed E-state index contributed by atoms with van der Waals surface area (Å²) in [4.78, 5) is 49.6. The van der Waals surface area contributed by atoms with Crippen molar-refractivity contribution < 1.29 is 23.9 Å². The minimum absolute atomic E-state index is 0.102. The first-order valence-corrected chi connectivity index (χ1v) is 8.86. The van der Waals surface area contributed by atoms with Crippen molar-refractivity contribution in [1.29, 1.82) is 0 Å². The summed E-state index contributed by atoms with van der Waals surface area (Å²) in [7, 11) is 0. The number of imide groups is 2. The second-order valence-electron chi connectivity index (χ2n) is 6.40. The van der Waals surface area contributed by atoms with E-state index >= 15 is 0 Å². The fourth-order valence-electron chi connectivity index (χ4n) is 3.19. The van der Waals surface area contributed by atoms with Crippen LogP contribution in [0.25, 0.3) is 0 Å². The highest BCUT2D eigenvalue weighted by atomic mass is 16.5. The van der Waals surface area contributed by atoms with Crippen molar-refractivity contribution in [3.8, 4) is 0 Å². The van der Waals surface area contributed by atoms with Gasteiger partial charge in [-0.3, -0.25) is 29.4 Å². The quantitative estimate of drug-likeness (QED) is 0.399. The zero-order chi connectivity index (χ0) is 19.4. The maximum atomic E-state index is 12.7. The summed E-state index contributed by atoms with van der Waals surface area (Å²) >= 11 is 0. The van der Waals surface area contributed by atoms with Gasteiger partial charge in [-0.15, -0.1) is 0 Å². The predicted octanol–water partition coefficient (Wildman–Crippen LogP) is -0.847. The molecule has 0 bridgehead atoms. The van der Waals surface area contributed by atoms with Crippen molar-refractivity contribution in [3.63, 3.8) is 0 Å². The van der Waals surface area contributed by atoms with E-state index in [4.69, 9.17) is 10.5 Å². The zero-order valence-corrected chi connectivity index (χ0v) is 14.8. The molecule has 1 atom stereocenters. The molecule has 1 saturated heterocycles. The number of carbonyl (C=O) groups is 4. The molecule has 144 valence electrons. The number of nitrogens with one attached hydrogen (secondary N) is 2. The molecule has 0 spiro atoms. The van der Waals surface area contributed by atoms with Crippen LogP contribution in [-0.2, 0) is 20.9 Å². The Labute approximate surface area is 156 Å². The third-order valence-corrected chi connectivity index (χ3v) is 4.52. The smallest absolute Gasteiger partial charge is 0.262 e. The molecule has 1 aromatic rings. The Hall–Kier alpha value is -2.62. The lowest BCUT2D eigenvalue weighted by Gasteiger charge is -2.27. The molecule has 0 aliphatic carbocycles. The third-order valence-electron chi connectivity index (χ3n) is 4.52. The van der Waals surface area contributed by atoms with Gasteiger partial charge in [0.15, 0.2) is 0 Å². The summed E-state index contributed by atoms with van der Waals surface area (Å²) in [6, 6.07) is 4.08. The van der Waals surface area contributed by atoms with Crippen LogP contribution in [0.4, 0.5) is 0 Å². The van der Waals surface area contributed by atoms with Gasteiger partial charge in [-0.2, -0.15) is 0 Å². The van der Waals surface area contributed by atoms with Crippen LogP contribution in [0.5, 0.6) is 0 Å². The van der Waals surface area contributed by atoms with Gasteiger partial charge in [0.05, 0.1) is 24.3 Å². The molecule has 2 heterocycles. The Kier molecular flexibility index (Phi) is 5.94. The number of hydrogen-bond acceptors (Lipinski definition) is 7. The summed E-state index contributed by atoms with van der Waals surface area (Å²) in [6.07, 6.45) is 0.249. The highest BCUT2D eigenvalue weighted by molar-refractivity contribution is 6.23. The molecule has 9 nitrogen and oxygen atoms in total. The standard InChI is InChI=1S/C18H22N4O5/c19-5-7-27-8-6-20-10-11-1-2-12-13(9-11)18(26)22(17(12)25)14-3-4-15(23)21-16(14)24/h1-2,9,14,20H,3-8,10,19H2,(H,21,23,24). The van der Waals surface area contributed by atoms with E-state index in [1.54, 1.807) is 18.2 Å². The molecule has 4 N–H and O–H groups in total. The van der Waals surface area contributed by atoms with E-state index in [1.165, 1.54) is 0 Å². The van der Waals surface area contributed by atoms with Gasteiger partial charge in [-0.05, 0) is 24.1 Å². The number of nitrogens with two attached hydrogens (primary N) is 1. The van der Waals surface area contributed by atoms with Crippen molar-refractivity contribution in [2.45, 2.75) is 25.4 Å². The maximum Gasteiger partial charge on any atom is 0.262 e. The average Bonchev–Trinajstić information content (AvgIpc) is 2.89. The van der Waals surface area contributed by atoms with Crippen molar-refractivity contribution in [2.75, 3.05) is 26.3 Å². The number of hydrogen-bond donors (Lipinski definition) is 3. The number of carbonyl (C=O) groups excluding carboxylic acids is 4. The second kappa shape index (κ2) is 8.38. The topological polar surface area (TPSA) is 131 Å². The molecular formula is C18H22N4O5. The summed E-state index contributed by atoms with van der Waals surface area (Å²) in [5.41, 5.74) is 6.75. The number of amides is 4. The van der Waals surface area contributed by atoms with E-state index in [1.807, 2.05) is 0 Å². The first-order valence-electron chi connectivity index (χ1n) is 8.86. The Bertz CT molecular complexity index is 779. The molecule has 9 heteroatoms. The molecule has 2 aliphatic heterocycles. The molecule has 0 aromatic heterocycles. The normalized spacial score (nSPS) is 19.4. The summed E-state index contributed by atoms with van der Waals surface area (Å²) in [5.74, 6) is -2.01. The number of benzene rings is 1. The number of nitrogens with zero attached hydrogens (tertiary/aromatic N) is 1. The first-order chi connectivity index (χ1) is 13.0. The van der Waals surface area contributed by atoms with Gasteiger partial charge in [0.1, 0.15) is 6.04 Å². The Morgan fingerprint density at radius 1 is 1.15 bits per heavy atom. The van der Waals surface area contributed by atoms with Crippen LogP contribution >= 0.6 is 0 Å². The molecule has 2 aliphatic rings. The van der Waals surface area contributed by atoms with E-state index < -0.39 is 29.7 Å². The first kappa shape index (κ1) is 19.2.